The first kappa shape index (κ1) is 17.1. The number of hydrogen-bond acceptors (Lipinski definition) is 3. The smallest absolute Gasteiger partial charge is 0.254 e. The van der Waals surface area contributed by atoms with Gasteiger partial charge in [-0.3, -0.25) is 9.59 Å². The number of carbonyl (C=O) groups is 2. The quantitative estimate of drug-likeness (QED) is 0.815. The summed E-state index contributed by atoms with van der Waals surface area (Å²) in [6, 6.07) is 4.72. The Morgan fingerprint density at radius 1 is 1.09 bits per heavy atom. The van der Waals surface area contributed by atoms with Gasteiger partial charge in [0.15, 0.2) is 0 Å². The summed E-state index contributed by atoms with van der Waals surface area (Å²) in [5.41, 5.74) is 0.916. The van der Waals surface area contributed by atoms with Crippen molar-refractivity contribution >= 4 is 23.2 Å². The van der Waals surface area contributed by atoms with Crippen LogP contribution in [0, 0.1) is 11.6 Å². The van der Waals surface area contributed by atoms with Crippen LogP contribution in [0.25, 0.3) is 0 Å². The van der Waals surface area contributed by atoms with Gasteiger partial charge in [-0.2, -0.15) is 11.3 Å². The van der Waals surface area contributed by atoms with Gasteiger partial charge in [-0.25, -0.2) is 8.78 Å². The van der Waals surface area contributed by atoms with Crippen molar-refractivity contribution in [2.24, 2.45) is 0 Å². The number of amides is 2. The Kier molecular flexibility index (Phi) is 6.22. The lowest BCUT2D eigenvalue weighted by atomic mass is 10.2. The van der Waals surface area contributed by atoms with E-state index < -0.39 is 17.5 Å². The monoisotopic (exact) mass is 338 g/mol. The highest BCUT2D eigenvalue weighted by Gasteiger charge is 2.12. The zero-order valence-corrected chi connectivity index (χ0v) is 13.1. The normalized spacial score (nSPS) is 10.3. The highest BCUT2D eigenvalue weighted by atomic mass is 32.1. The molecule has 0 unspecified atom stereocenters. The van der Waals surface area contributed by atoms with Crippen molar-refractivity contribution in [3.8, 4) is 0 Å². The number of hydrogen-bond donors (Lipinski definition) is 2. The van der Waals surface area contributed by atoms with Crippen LogP contribution in [0.15, 0.2) is 35.0 Å². The molecule has 0 radical (unpaired) electrons. The molecule has 0 aliphatic rings. The van der Waals surface area contributed by atoms with Crippen LogP contribution in [-0.2, 0) is 11.2 Å². The third-order valence-corrected chi connectivity index (χ3v) is 3.86. The van der Waals surface area contributed by atoms with Gasteiger partial charge in [0.25, 0.3) is 5.91 Å². The molecule has 1 heterocycles. The number of rotatable bonds is 7. The maximum atomic E-state index is 13.4. The topological polar surface area (TPSA) is 58.2 Å². The summed E-state index contributed by atoms with van der Waals surface area (Å²) in [6.45, 7) is 0.607. The molecule has 2 amide bonds. The standard InChI is InChI=1S/C16H16F2N2O2S/c17-12-1-2-13(14(18)9-12)16(22)20-7-4-15(21)19-6-3-11-5-8-23-10-11/h1-2,5,8-10H,3-4,6-7H2,(H,19,21)(H,20,22). The molecule has 0 bridgehead atoms. The van der Waals surface area contributed by atoms with E-state index in [2.05, 4.69) is 10.6 Å². The molecule has 0 fully saturated rings. The molecule has 1 aromatic carbocycles. The molecule has 2 N–H and O–H groups in total. The van der Waals surface area contributed by atoms with E-state index in [4.69, 9.17) is 0 Å². The minimum Gasteiger partial charge on any atom is -0.356 e. The molecule has 0 aliphatic carbocycles. The van der Waals surface area contributed by atoms with Crippen molar-refractivity contribution in [3.63, 3.8) is 0 Å². The van der Waals surface area contributed by atoms with Crippen LogP contribution in [0.3, 0.4) is 0 Å². The molecule has 122 valence electrons. The second kappa shape index (κ2) is 8.38. The van der Waals surface area contributed by atoms with Crippen LogP contribution in [-0.4, -0.2) is 24.9 Å². The Labute approximate surface area is 136 Å². The Hall–Kier alpha value is -2.28. The Morgan fingerprint density at radius 3 is 2.61 bits per heavy atom. The minimum atomic E-state index is -0.928. The molecule has 2 aromatic rings. The molecule has 0 spiro atoms. The van der Waals surface area contributed by atoms with Gasteiger partial charge >= 0.3 is 0 Å². The molecule has 0 aliphatic heterocycles. The minimum absolute atomic E-state index is 0.0833. The molecular formula is C16H16F2N2O2S. The van der Waals surface area contributed by atoms with Gasteiger partial charge in [0, 0.05) is 25.6 Å². The summed E-state index contributed by atoms with van der Waals surface area (Å²) in [6.07, 6.45) is 0.848. The van der Waals surface area contributed by atoms with Crippen molar-refractivity contribution in [2.45, 2.75) is 12.8 Å². The summed E-state index contributed by atoms with van der Waals surface area (Å²) < 4.78 is 26.2. The average molecular weight is 338 g/mol. The predicted molar refractivity (Wildman–Crippen MR) is 84.3 cm³/mol. The Bertz CT molecular complexity index is 675. The molecule has 0 saturated carbocycles. The van der Waals surface area contributed by atoms with E-state index in [0.29, 0.717) is 12.6 Å². The van der Waals surface area contributed by atoms with E-state index in [1.165, 1.54) is 0 Å². The highest BCUT2D eigenvalue weighted by Crippen LogP contribution is 2.09. The van der Waals surface area contributed by atoms with Crippen molar-refractivity contribution in [1.29, 1.82) is 0 Å². The largest absolute Gasteiger partial charge is 0.356 e. The maximum absolute atomic E-state index is 13.4. The molecule has 0 atom stereocenters. The molecule has 23 heavy (non-hydrogen) atoms. The fourth-order valence-electron chi connectivity index (χ4n) is 1.93. The van der Waals surface area contributed by atoms with E-state index in [1.807, 2.05) is 16.8 Å². The number of nitrogens with one attached hydrogen (secondary N) is 2. The number of carbonyl (C=O) groups excluding carboxylic acids is 2. The van der Waals surface area contributed by atoms with Gasteiger partial charge in [0.1, 0.15) is 11.6 Å². The van der Waals surface area contributed by atoms with Crippen LogP contribution in [0.1, 0.15) is 22.3 Å². The average Bonchev–Trinajstić information content (AvgIpc) is 3.00. The molecule has 4 nitrogen and oxygen atoms in total. The predicted octanol–water partition coefficient (Wildman–Crippen LogP) is 2.51. The van der Waals surface area contributed by atoms with Crippen molar-refractivity contribution in [3.05, 3.63) is 57.8 Å². The first-order chi connectivity index (χ1) is 11.1. The molecule has 2 rings (SSSR count). The lowest BCUT2D eigenvalue weighted by molar-refractivity contribution is -0.120. The summed E-state index contributed by atoms with van der Waals surface area (Å²) in [5.74, 6) is -2.54. The van der Waals surface area contributed by atoms with Crippen LogP contribution in [0.2, 0.25) is 0 Å². The summed E-state index contributed by atoms with van der Waals surface area (Å²) in [4.78, 5) is 23.3. The van der Waals surface area contributed by atoms with Gasteiger partial charge in [0.05, 0.1) is 5.56 Å². The van der Waals surface area contributed by atoms with E-state index in [9.17, 15) is 18.4 Å². The van der Waals surface area contributed by atoms with Crippen molar-refractivity contribution < 1.29 is 18.4 Å². The first-order valence-electron chi connectivity index (χ1n) is 7.07. The Balaban J connectivity index is 1.67. The van der Waals surface area contributed by atoms with Gasteiger partial charge in [-0.05, 0) is 40.9 Å². The van der Waals surface area contributed by atoms with E-state index in [-0.39, 0.29) is 24.4 Å². The van der Waals surface area contributed by atoms with E-state index >= 15 is 0 Å². The van der Waals surface area contributed by atoms with E-state index in [0.717, 1.165) is 24.1 Å². The third kappa shape index (κ3) is 5.45. The fraction of sp³-hybridized carbons (Fsp3) is 0.250. The zero-order chi connectivity index (χ0) is 16.7. The number of thiophene rings is 1. The zero-order valence-electron chi connectivity index (χ0n) is 12.3. The SMILES string of the molecule is O=C(CCNC(=O)c1ccc(F)cc1F)NCCc1ccsc1. The molecular weight excluding hydrogens is 322 g/mol. The number of halogens is 2. The number of benzene rings is 1. The first-order valence-corrected chi connectivity index (χ1v) is 8.01. The third-order valence-electron chi connectivity index (χ3n) is 3.13. The van der Waals surface area contributed by atoms with Crippen LogP contribution in [0.5, 0.6) is 0 Å². The van der Waals surface area contributed by atoms with Gasteiger partial charge in [0.2, 0.25) is 5.91 Å². The van der Waals surface area contributed by atoms with Gasteiger partial charge in [-0.1, -0.05) is 0 Å². The Morgan fingerprint density at radius 2 is 1.91 bits per heavy atom. The van der Waals surface area contributed by atoms with Gasteiger partial charge in [-0.15, -0.1) is 0 Å². The molecule has 1 aromatic heterocycles. The van der Waals surface area contributed by atoms with Crippen molar-refractivity contribution in [1.82, 2.24) is 10.6 Å². The summed E-state index contributed by atoms with van der Waals surface area (Å²) >= 11 is 1.60. The molecule has 0 saturated heterocycles. The van der Waals surface area contributed by atoms with E-state index in [1.54, 1.807) is 11.3 Å². The van der Waals surface area contributed by atoms with Gasteiger partial charge < -0.3 is 10.6 Å². The molecule has 7 heteroatoms. The lowest BCUT2D eigenvalue weighted by Crippen LogP contribution is -2.32. The van der Waals surface area contributed by atoms with Crippen LogP contribution >= 0.6 is 11.3 Å². The van der Waals surface area contributed by atoms with Crippen LogP contribution in [0.4, 0.5) is 8.78 Å². The summed E-state index contributed by atoms with van der Waals surface area (Å²) in [7, 11) is 0. The fourth-order valence-corrected chi connectivity index (χ4v) is 2.63. The second-order valence-corrected chi connectivity index (χ2v) is 5.64. The second-order valence-electron chi connectivity index (χ2n) is 4.86. The lowest BCUT2D eigenvalue weighted by Gasteiger charge is -2.07. The highest BCUT2D eigenvalue weighted by molar-refractivity contribution is 7.07. The van der Waals surface area contributed by atoms with Crippen molar-refractivity contribution in [2.75, 3.05) is 13.1 Å². The summed E-state index contributed by atoms with van der Waals surface area (Å²) in [5, 5.41) is 9.17. The van der Waals surface area contributed by atoms with Crippen LogP contribution < -0.4 is 10.6 Å². The maximum Gasteiger partial charge on any atom is 0.254 e.